The number of benzene rings is 2. The van der Waals surface area contributed by atoms with Gasteiger partial charge in [0.15, 0.2) is 12.2 Å². The van der Waals surface area contributed by atoms with Gasteiger partial charge in [-0.15, -0.1) is 0 Å². The molecule has 0 bridgehead atoms. The number of methoxy groups -OCH3 is 2. The summed E-state index contributed by atoms with van der Waals surface area (Å²) in [7, 11) is 2.64. The fraction of sp³-hybridized carbons (Fsp3) is 0.484. The van der Waals surface area contributed by atoms with E-state index in [1.807, 2.05) is 0 Å². The van der Waals surface area contributed by atoms with Crippen LogP contribution in [0.25, 0.3) is 10.4 Å². The minimum atomic E-state index is -2.25. The molecular weight excluding hydrogens is 606 g/mol. The number of azide groups is 1. The minimum Gasteiger partial charge on any atom is -0.497 e. The van der Waals surface area contributed by atoms with Crippen molar-refractivity contribution < 1.29 is 57.1 Å². The molecule has 0 aromatic heterocycles. The van der Waals surface area contributed by atoms with Crippen molar-refractivity contribution in [3.05, 3.63) is 76.2 Å². The molecular formula is C31H37N3O12. The first-order chi connectivity index (χ1) is 22.0. The van der Waals surface area contributed by atoms with Gasteiger partial charge in [0.1, 0.15) is 24.0 Å². The molecule has 0 unspecified atom stereocenters. The van der Waals surface area contributed by atoms with Gasteiger partial charge in [-0.25, -0.2) is 4.79 Å². The number of carbonyl (C=O) groups is 4. The van der Waals surface area contributed by atoms with Crippen molar-refractivity contribution in [3.8, 4) is 5.75 Å². The lowest BCUT2D eigenvalue weighted by atomic mass is 9.88. The number of hydrogen-bond acceptors (Lipinski definition) is 13. The van der Waals surface area contributed by atoms with Crippen molar-refractivity contribution in [2.24, 2.45) is 5.11 Å². The van der Waals surface area contributed by atoms with Crippen molar-refractivity contribution in [2.45, 2.75) is 76.7 Å². The van der Waals surface area contributed by atoms with E-state index in [2.05, 4.69) is 10.0 Å². The highest BCUT2D eigenvalue weighted by Crippen LogP contribution is 2.39. The maximum atomic E-state index is 13.4. The van der Waals surface area contributed by atoms with E-state index in [0.29, 0.717) is 11.3 Å². The Morgan fingerprint density at radius 1 is 0.935 bits per heavy atom. The highest BCUT2D eigenvalue weighted by atomic mass is 16.7. The van der Waals surface area contributed by atoms with E-state index in [-0.39, 0.29) is 19.8 Å². The van der Waals surface area contributed by atoms with Crippen molar-refractivity contribution >= 4 is 23.9 Å². The van der Waals surface area contributed by atoms with E-state index in [0.717, 1.165) is 33.4 Å². The molecule has 3 rings (SSSR count). The van der Waals surface area contributed by atoms with Crippen LogP contribution in [-0.2, 0) is 65.5 Å². The Bertz CT molecular complexity index is 1380. The smallest absolute Gasteiger partial charge is 0.366 e. The van der Waals surface area contributed by atoms with Crippen LogP contribution in [0.1, 0.15) is 38.3 Å². The molecule has 0 radical (unpaired) electrons. The summed E-state index contributed by atoms with van der Waals surface area (Å²) < 4.78 is 45.0. The summed E-state index contributed by atoms with van der Waals surface area (Å²) in [6, 6.07) is 14.4. The molecule has 6 atom stereocenters. The Hall–Kier alpha value is -4.69. The van der Waals surface area contributed by atoms with Crippen LogP contribution < -0.4 is 4.74 Å². The van der Waals surface area contributed by atoms with Gasteiger partial charge in [0, 0.05) is 25.7 Å². The third-order valence-electron chi connectivity index (χ3n) is 6.85. The van der Waals surface area contributed by atoms with E-state index < -0.39 is 66.5 Å². The fourth-order valence-corrected chi connectivity index (χ4v) is 4.90. The lowest BCUT2D eigenvalue weighted by molar-refractivity contribution is -0.316. The number of carbonyl (C=O) groups excluding carboxylic acids is 4. The average molecular weight is 644 g/mol. The number of esters is 4. The fourth-order valence-electron chi connectivity index (χ4n) is 4.90. The van der Waals surface area contributed by atoms with E-state index in [1.54, 1.807) is 54.6 Å². The number of rotatable bonds is 15. The van der Waals surface area contributed by atoms with Gasteiger partial charge in [0.25, 0.3) is 5.79 Å². The van der Waals surface area contributed by atoms with Gasteiger partial charge in [0.05, 0.1) is 40.5 Å². The van der Waals surface area contributed by atoms with Crippen molar-refractivity contribution in [3.63, 3.8) is 0 Å². The van der Waals surface area contributed by atoms with Gasteiger partial charge in [-0.3, -0.25) is 14.4 Å². The highest BCUT2D eigenvalue weighted by Gasteiger charge is 2.58. The summed E-state index contributed by atoms with van der Waals surface area (Å²) in [5.74, 6) is -4.98. The first-order valence-electron chi connectivity index (χ1n) is 14.2. The summed E-state index contributed by atoms with van der Waals surface area (Å²) >= 11 is 0. The molecule has 2 aromatic carbocycles. The first-order valence-corrected chi connectivity index (χ1v) is 14.2. The van der Waals surface area contributed by atoms with Crippen LogP contribution in [0.5, 0.6) is 5.75 Å². The van der Waals surface area contributed by atoms with Gasteiger partial charge in [-0.1, -0.05) is 47.6 Å². The van der Waals surface area contributed by atoms with Crippen LogP contribution in [-0.4, -0.2) is 80.9 Å². The Balaban J connectivity index is 2.05. The van der Waals surface area contributed by atoms with Crippen LogP contribution in [0.3, 0.4) is 0 Å². The molecule has 2 aromatic rings. The van der Waals surface area contributed by atoms with Gasteiger partial charge >= 0.3 is 23.9 Å². The quantitative estimate of drug-likeness (QED) is 0.0903. The van der Waals surface area contributed by atoms with E-state index >= 15 is 0 Å². The molecule has 1 fully saturated rings. The van der Waals surface area contributed by atoms with Crippen LogP contribution >= 0.6 is 0 Å². The van der Waals surface area contributed by atoms with Gasteiger partial charge < -0.3 is 37.9 Å². The zero-order valence-corrected chi connectivity index (χ0v) is 26.2. The zero-order valence-electron chi connectivity index (χ0n) is 26.2. The summed E-state index contributed by atoms with van der Waals surface area (Å²) in [4.78, 5) is 53.2. The SMILES string of the molecule is COC(=O)[C@@]1(OCc2ccccc2)C[C@H](OC(C)=O)[C@@H](N=[N+]=[N-])[C@H]([C@H](OC(C)=O)[C@@H](COCc2ccc(OC)cc2)OC(C)=O)O1. The molecule has 0 amide bonds. The summed E-state index contributed by atoms with van der Waals surface area (Å²) in [5, 5.41) is 3.79. The Kier molecular flexibility index (Phi) is 13.3. The topological polar surface area (TPSA) is 191 Å². The van der Waals surface area contributed by atoms with Crippen LogP contribution in [0.4, 0.5) is 0 Å². The van der Waals surface area contributed by atoms with Gasteiger partial charge in [-0.2, -0.15) is 0 Å². The zero-order chi connectivity index (χ0) is 33.7. The summed E-state index contributed by atoms with van der Waals surface area (Å²) in [5.41, 5.74) is 10.9. The van der Waals surface area contributed by atoms with Gasteiger partial charge in [0.2, 0.25) is 0 Å². The molecule has 15 heteroatoms. The van der Waals surface area contributed by atoms with E-state index in [9.17, 15) is 24.7 Å². The number of ether oxygens (including phenoxy) is 8. The highest BCUT2D eigenvalue weighted by molar-refractivity contribution is 5.78. The second-order valence-corrected chi connectivity index (χ2v) is 10.2. The Morgan fingerprint density at radius 3 is 2.15 bits per heavy atom. The largest absolute Gasteiger partial charge is 0.497 e. The molecule has 46 heavy (non-hydrogen) atoms. The predicted octanol–water partition coefficient (Wildman–Crippen LogP) is 3.56. The second kappa shape index (κ2) is 17.1. The average Bonchev–Trinajstić information content (AvgIpc) is 3.03. The summed E-state index contributed by atoms with van der Waals surface area (Å²) in [6.45, 7) is 2.93. The minimum absolute atomic E-state index is 0.0577. The first kappa shape index (κ1) is 35.8. The Morgan fingerprint density at radius 2 is 1.59 bits per heavy atom. The van der Waals surface area contributed by atoms with Crippen LogP contribution in [0.15, 0.2) is 59.7 Å². The van der Waals surface area contributed by atoms with E-state index in [4.69, 9.17) is 37.9 Å². The lowest BCUT2D eigenvalue weighted by Gasteiger charge is -2.47. The summed E-state index contributed by atoms with van der Waals surface area (Å²) in [6.07, 6.45) is -6.29. The normalized spacial score (nSPS) is 21.9. The standard InChI is InChI=1S/C31H37N3O12/c1-19(35)43-25-15-31(30(38)40-5,42-17-22-9-7-6-8-10-22)46-29(27(25)33-34-32)28(45-21(3)37)26(44-20(2)36)18-41-16-23-11-13-24(39-4)14-12-23/h6-14,25-29H,15-18H2,1-5H3/t25-,26+,27+,28+,29+,31+/m0/s1. The Labute approximate surface area is 265 Å². The van der Waals surface area contributed by atoms with Crippen LogP contribution in [0, 0.1) is 0 Å². The molecule has 1 heterocycles. The molecule has 1 aliphatic rings. The number of nitrogens with zero attached hydrogens (tertiary/aromatic N) is 3. The molecule has 248 valence electrons. The van der Waals surface area contributed by atoms with Gasteiger partial charge in [-0.05, 0) is 28.8 Å². The molecule has 15 nitrogen and oxygen atoms in total. The number of hydrogen-bond donors (Lipinski definition) is 0. The van der Waals surface area contributed by atoms with Crippen molar-refractivity contribution in [1.82, 2.24) is 0 Å². The molecule has 0 saturated carbocycles. The van der Waals surface area contributed by atoms with Crippen molar-refractivity contribution in [1.29, 1.82) is 0 Å². The molecule has 0 spiro atoms. The van der Waals surface area contributed by atoms with Crippen LogP contribution in [0.2, 0.25) is 0 Å². The third kappa shape index (κ3) is 9.91. The van der Waals surface area contributed by atoms with E-state index in [1.165, 1.54) is 7.11 Å². The molecule has 1 aliphatic heterocycles. The molecule has 0 aliphatic carbocycles. The monoisotopic (exact) mass is 643 g/mol. The maximum Gasteiger partial charge on any atom is 0.366 e. The molecule has 1 saturated heterocycles. The predicted molar refractivity (Wildman–Crippen MR) is 158 cm³/mol. The third-order valence-corrected chi connectivity index (χ3v) is 6.85. The molecule has 0 N–H and O–H groups in total. The van der Waals surface area contributed by atoms with Crippen molar-refractivity contribution in [2.75, 3.05) is 20.8 Å². The lowest BCUT2D eigenvalue weighted by Crippen LogP contribution is -2.65. The maximum absolute atomic E-state index is 13.4. The second-order valence-electron chi connectivity index (χ2n) is 10.2.